The van der Waals surface area contributed by atoms with E-state index in [0.717, 1.165) is 11.5 Å². The highest BCUT2D eigenvalue weighted by Gasteiger charge is 2.26. The van der Waals surface area contributed by atoms with E-state index in [1.807, 2.05) is 11.8 Å². The molecular weight excluding hydrogens is 262 g/mol. The monoisotopic (exact) mass is 283 g/mol. The Morgan fingerprint density at radius 1 is 1.58 bits per heavy atom. The number of carbonyl (C=O) groups is 1. The Bertz CT molecular complexity index is 419. The molecule has 0 bridgehead atoms. The number of esters is 1. The molecule has 0 aromatic carbocycles. The van der Waals surface area contributed by atoms with E-state index in [4.69, 9.17) is 4.42 Å². The van der Waals surface area contributed by atoms with E-state index in [1.54, 1.807) is 6.07 Å². The molecule has 0 radical (unpaired) electrons. The lowest BCUT2D eigenvalue weighted by atomic mass is 10.2. The average molecular weight is 283 g/mol. The van der Waals surface area contributed by atoms with Crippen LogP contribution < -0.4 is 5.32 Å². The van der Waals surface area contributed by atoms with Crippen LogP contribution in [0.25, 0.3) is 0 Å². The number of rotatable bonds is 6. The molecule has 1 aliphatic rings. The number of ether oxygens (including phenoxy) is 1. The van der Waals surface area contributed by atoms with Gasteiger partial charge >= 0.3 is 5.97 Å². The predicted molar refractivity (Wildman–Crippen MR) is 76.4 cm³/mol. The van der Waals surface area contributed by atoms with Crippen LogP contribution in [-0.4, -0.2) is 30.1 Å². The molecule has 2 atom stereocenters. The number of thioether (sulfide) groups is 1. The Balaban J connectivity index is 1.84. The van der Waals surface area contributed by atoms with Crippen LogP contribution in [0, 0.1) is 0 Å². The normalized spacial score (nSPS) is 22.6. The van der Waals surface area contributed by atoms with Crippen molar-refractivity contribution < 1.29 is 13.9 Å². The first-order valence-corrected chi connectivity index (χ1v) is 7.80. The summed E-state index contributed by atoms with van der Waals surface area (Å²) in [6.45, 7) is 2.87. The van der Waals surface area contributed by atoms with E-state index >= 15 is 0 Å². The van der Waals surface area contributed by atoms with Gasteiger partial charge in [0.15, 0.2) is 0 Å². The zero-order valence-electron chi connectivity index (χ0n) is 11.5. The third-order valence-electron chi connectivity index (χ3n) is 3.45. The molecule has 0 amide bonds. The molecule has 2 rings (SSSR count). The zero-order valence-corrected chi connectivity index (χ0v) is 12.3. The summed E-state index contributed by atoms with van der Waals surface area (Å²) < 4.78 is 10.0. The van der Waals surface area contributed by atoms with Gasteiger partial charge in [-0.05, 0) is 24.7 Å². The van der Waals surface area contributed by atoms with Gasteiger partial charge in [0.05, 0.1) is 19.2 Å². The first-order valence-electron chi connectivity index (χ1n) is 6.75. The maximum absolute atomic E-state index is 11.3. The second kappa shape index (κ2) is 7.01. The smallest absolute Gasteiger partial charge is 0.341 e. The van der Waals surface area contributed by atoms with Gasteiger partial charge < -0.3 is 14.5 Å². The highest BCUT2D eigenvalue weighted by molar-refractivity contribution is 7.99. The Morgan fingerprint density at radius 3 is 3.16 bits per heavy atom. The van der Waals surface area contributed by atoms with Gasteiger partial charge in [0.1, 0.15) is 12.0 Å². The molecule has 0 saturated heterocycles. The highest BCUT2D eigenvalue weighted by Crippen LogP contribution is 2.30. The first-order chi connectivity index (χ1) is 9.24. The van der Waals surface area contributed by atoms with Crippen LogP contribution in [0.5, 0.6) is 0 Å². The van der Waals surface area contributed by atoms with Crippen molar-refractivity contribution in [2.75, 3.05) is 12.9 Å². The van der Waals surface area contributed by atoms with Gasteiger partial charge in [-0.15, -0.1) is 0 Å². The van der Waals surface area contributed by atoms with E-state index in [0.29, 0.717) is 23.4 Å². The van der Waals surface area contributed by atoms with Crippen molar-refractivity contribution in [2.45, 2.75) is 44.0 Å². The SMILES string of the molecule is CCSC1CCCC1NCc1cc(C(=O)OC)co1. The average Bonchev–Trinajstić information content (AvgIpc) is 3.05. The van der Waals surface area contributed by atoms with E-state index in [2.05, 4.69) is 17.0 Å². The van der Waals surface area contributed by atoms with Gasteiger partial charge in [-0.2, -0.15) is 11.8 Å². The molecule has 0 aliphatic heterocycles. The zero-order chi connectivity index (χ0) is 13.7. The molecule has 2 unspecified atom stereocenters. The topological polar surface area (TPSA) is 51.5 Å². The van der Waals surface area contributed by atoms with Gasteiger partial charge in [-0.25, -0.2) is 4.79 Å². The lowest BCUT2D eigenvalue weighted by Crippen LogP contribution is -2.33. The standard InChI is InChI=1S/C14H21NO3S/c1-3-19-13-6-4-5-12(13)15-8-11-7-10(9-18-11)14(16)17-2/h7,9,12-13,15H,3-6,8H2,1-2H3. The summed E-state index contributed by atoms with van der Waals surface area (Å²) in [4.78, 5) is 11.3. The first kappa shape index (κ1) is 14.5. The summed E-state index contributed by atoms with van der Waals surface area (Å²) in [5, 5.41) is 4.24. The van der Waals surface area contributed by atoms with Gasteiger partial charge in [-0.3, -0.25) is 0 Å². The van der Waals surface area contributed by atoms with E-state index in [9.17, 15) is 4.79 Å². The van der Waals surface area contributed by atoms with Crippen molar-refractivity contribution in [1.29, 1.82) is 0 Å². The maximum Gasteiger partial charge on any atom is 0.341 e. The number of furan rings is 1. The van der Waals surface area contributed by atoms with Crippen LogP contribution in [0.3, 0.4) is 0 Å². The Labute approximate surface area is 118 Å². The van der Waals surface area contributed by atoms with E-state index < -0.39 is 0 Å². The van der Waals surface area contributed by atoms with Crippen molar-refractivity contribution in [3.05, 3.63) is 23.7 Å². The lowest BCUT2D eigenvalue weighted by molar-refractivity contribution is 0.0600. The minimum atomic E-state index is -0.352. The number of carbonyl (C=O) groups excluding carboxylic acids is 1. The number of hydrogen-bond donors (Lipinski definition) is 1. The number of hydrogen-bond acceptors (Lipinski definition) is 5. The van der Waals surface area contributed by atoms with Gasteiger partial charge in [0.2, 0.25) is 0 Å². The lowest BCUT2D eigenvalue weighted by Gasteiger charge is -2.19. The van der Waals surface area contributed by atoms with Crippen LogP contribution in [0.4, 0.5) is 0 Å². The molecule has 1 aromatic rings. The molecule has 19 heavy (non-hydrogen) atoms. The molecule has 1 heterocycles. The summed E-state index contributed by atoms with van der Waals surface area (Å²) in [6, 6.07) is 2.30. The molecule has 1 N–H and O–H groups in total. The van der Waals surface area contributed by atoms with Crippen molar-refractivity contribution >= 4 is 17.7 Å². The van der Waals surface area contributed by atoms with Crippen LogP contribution >= 0.6 is 11.8 Å². The maximum atomic E-state index is 11.3. The molecule has 1 aromatic heterocycles. The molecule has 4 nitrogen and oxygen atoms in total. The number of nitrogens with one attached hydrogen (secondary N) is 1. The molecule has 0 spiro atoms. The summed E-state index contributed by atoms with van der Waals surface area (Å²) in [6.07, 6.45) is 5.26. The third-order valence-corrected chi connectivity index (χ3v) is 4.77. The van der Waals surface area contributed by atoms with Crippen molar-refractivity contribution in [3.63, 3.8) is 0 Å². The van der Waals surface area contributed by atoms with Gasteiger partial charge in [-0.1, -0.05) is 13.3 Å². The fraction of sp³-hybridized carbons (Fsp3) is 0.643. The number of methoxy groups -OCH3 is 1. The minimum absolute atomic E-state index is 0.352. The van der Waals surface area contributed by atoms with Gasteiger partial charge in [0, 0.05) is 11.3 Å². The van der Waals surface area contributed by atoms with Crippen LogP contribution in [0.15, 0.2) is 16.7 Å². The van der Waals surface area contributed by atoms with E-state index in [-0.39, 0.29) is 5.97 Å². The third kappa shape index (κ3) is 3.76. The summed E-state index contributed by atoms with van der Waals surface area (Å²) in [7, 11) is 1.37. The van der Waals surface area contributed by atoms with Crippen LogP contribution in [-0.2, 0) is 11.3 Å². The fourth-order valence-electron chi connectivity index (χ4n) is 2.50. The quantitative estimate of drug-likeness (QED) is 0.814. The Morgan fingerprint density at radius 2 is 2.42 bits per heavy atom. The summed E-state index contributed by atoms with van der Waals surface area (Å²) in [5.74, 6) is 1.60. The summed E-state index contributed by atoms with van der Waals surface area (Å²) in [5.41, 5.74) is 0.477. The Kier molecular flexibility index (Phi) is 5.34. The van der Waals surface area contributed by atoms with E-state index in [1.165, 1.54) is 32.6 Å². The van der Waals surface area contributed by atoms with Crippen LogP contribution in [0.1, 0.15) is 42.3 Å². The largest absolute Gasteiger partial charge is 0.467 e. The van der Waals surface area contributed by atoms with Gasteiger partial charge in [0.25, 0.3) is 0 Å². The Hall–Kier alpha value is -0.940. The van der Waals surface area contributed by atoms with Crippen LogP contribution in [0.2, 0.25) is 0 Å². The second-order valence-electron chi connectivity index (χ2n) is 4.71. The van der Waals surface area contributed by atoms with Crippen molar-refractivity contribution in [3.8, 4) is 0 Å². The van der Waals surface area contributed by atoms with Crippen molar-refractivity contribution in [2.24, 2.45) is 0 Å². The highest BCUT2D eigenvalue weighted by atomic mass is 32.2. The molecule has 106 valence electrons. The predicted octanol–water partition coefficient (Wildman–Crippen LogP) is 2.83. The molecule has 1 aliphatic carbocycles. The summed E-state index contributed by atoms with van der Waals surface area (Å²) >= 11 is 2.03. The fourth-order valence-corrected chi connectivity index (χ4v) is 3.73. The second-order valence-corrected chi connectivity index (χ2v) is 6.22. The molecule has 5 heteroatoms. The molecule has 1 saturated carbocycles. The molecular formula is C14H21NO3S. The minimum Gasteiger partial charge on any atom is -0.467 e. The molecule has 1 fully saturated rings. The van der Waals surface area contributed by atoms with Crippen molar-refractivity contribution in [1.82, 2.24) is 5.32 Å².